The number of piperazine rings is 1. The Balaban J connectivity index is 1.49. The van der Waals surface area contributed by atoms with Gasteiger partial charge in [-0.05, 0) is 34.0 Å². The van der Waals surface area contributed by atoms with E-state index in [9.17, 15) is 14.4 Å². The smallest absolute Gasteiger partial charge is 0.331 e. The predicted molar refractivity (Wildman–Crippen MR) is 147 cm³/mol. The van der Waals surface area contributed by atoms with Crippen molar-refractivity contribution in [3.63, 3.8) is 0 Å². The topological polar surface area (TPSA) is 79.4 Å². The van der Waals surface area contributed by atoms with E-state index in [-0.39, 0.29) is 24.4 Å². The fourth-order valence-corrected chi connectivity index (χ4v) is 5.52. The van der Waals surface area contributed by atoms with Crippen LogP contribution in [0.15, 0.2) is 66.7 Å². The molecule has 4 amide bonds. The number of fused-ring (bicyclic) bond motifs is 2. The molecule has 2 aliphatic rings. The van der Waals surface area contributed by atoms with Gasteiger partial charge in [0.1, 0.15) is 12.2 Å². The maximum absolute atomic E-state index is 14.0. The zero-order chi connectivity index (χ0) is 27.0. The minimum Gasteiger partial charge on any atom is -0.378 e. The van der Waals surface area contributed by atoms with E-state index in [0.29, 0.717) is 19.5 Å². The second-order valence-electron chi connectivity index (χ2n) is 10.1. The summed E-state index contributed by atoms with van der Waals surface area (Å²) in [6, 6.07) is 21.3. The summed E-state index contributed by atoms with van der Waals surface area (Å²) in [7, 11) is 7.17. The Hall–Kier alpha value is -4.11. The Bertz CT molecular complexity index is 1350. The van der Waals surface area contributed by atoms with Crippen molar-refractivity contribution in [1.82, 2.24) is 25.1 Å². The lowest BCUT2D eigenvalue weighted by molar-refractivity contribution is -0.157. The van der Waals surface area contributed by atoms with Gasteiger partial charge in [0.2, 0.25) is 11.8 Å². The highest BCUT2D eigenvalue weighted by Gasteiger charge is 2.51. The third-order valence-corrected chi connectivity index (χ3v) is 7.58. The SMILES string of the molecule is CNC(=O)N(C)N1CC(=O)N2[C@@H](Cc3ccc(N(C)C)cc3)C(=O)N(Cc3cccc4ccccc34)C[C@@H]21. The van der Waals surface area contributed by atoms with Gasteiger partial charge in [0.05, 0.1) is 13.1 Å². The fourth-order valence-electron chi connectivity index (χ4n) is 5.52. The number of nitrogens with one attached hydrogen (secondary N) is 1. The van der Waals surface area contributed by atoms with Gasteiger partial charge >= 0.3 is 6.03 Å². The van der Waals surface area contributed by atoms with Gasteiger partial charge in [-0.2, -0.15) is 5.01 Å². The summed E-state index contributed by atoms with van der Waals surface area (Å²) < 4.78 is 0. The van der Waals surface area contributed by atoms with Crippen molar-refractivity contribution in [2.45, 2.75) is 25.2 Å². The van der Waals surface area contributed by atoms with Crippen LogP contribution in [0.1, 0.15) is 11.1 Å². The molecule has 3 aromatic carbocycles. The number of urea groups is 1. The summed E-state index contributed by atoms with van der Waals surface area (Å²) in [5.74, 6) is -0.234. The molecule has 38 heavy (non-hydrogen) atoms. The highest BCUT2D eigenvalue weighted by molar-refractivity contribution is 5.92. The number of amides is 4. The Morgan fingerprint density at radius 1 is 0.974 bits per heavy atom. The number of hydrazine groups is 1. The van der Waals surface area contributed by atoms with E-state index in [1.807, 2.05) is 72.4 Å². The van der Waals surface area contributed by atoms with Crippen molar-refractivity contribution in [3.05, 3.63) is 77.9 Å². The first-order valence-electron chi connectivity index (χ1n) is 12.8. The molecule has 0 aliphatic carbocycles. The van der Waals surface area contributed by atoms with E-state index in [4.69, 9.17) is 0 Å². The fraction of sp³-hybridized carbons (Fsp3) is 0.345. The van der Waals surface area contributed by atoms with Crippen LogP contribution in [0.2, 0.25) is 0 Å². The summed E-state index contributed by atoms with van der Waals surface area (Å²) in [5.41, 5.74) is 3.09. The number of rotatable bonds is 6. The minimum atomic E-state index is -0.662. The van der Waals surface area contributed by atoms with Gasteiger partial charge in [0.25, 0.3) is 0 Å². The molecule has 0 saturated carbocycles. The third kappa shape index (κ3) is 4.65. The maximum atomic E-state index is 14.0. The molecular weight excluding hydrogens is 480 g/mol. The van der Waals surface area contributed by atoms with Crippen molar-refractivity contribution < 1.29 is 14.4 Å². The zero-order valence-electron chi connectivity index (χ0n) is 22.3. The van der Waals surface area contributed by atoms with Crippen molar-refractivity contribution >= 4 is 34.3 Å². The second kappa shape index (κ2) is 10.3. The van der Waals surface area contributed by atoms with Gasteiger partial charge < -0.3 is 20.0 Å². The molecule has 0 radical (unpaired) electrons. The van der Waals surface area contributed by atoms with E-state index in [1.165, 1.54) is 5.01 Å². The van der Waals surface area contributed by atoms with Crippen molar-refractivity contribution in [1.29, 1.82) is 0 Å². The lowest BCUT2D eigenvalue weighted by atomic mass is 9.98. The highest BCUT2D eigenvalue weighted by atomic mass is 16.2. The standard InChI is InChI=1S/C29H34N6O3/c1-30-29(38)32(4)34-19-27(36)35-25(16-20-12-14-23(15-13-20)31(2)3)28(37)33(18-26(34)35)17-22-10-7-9-21-8-5-6-11-24(21)22/h5-15,25-26H,16-19H2,1-4H3,(H,30,38)/t25-,26+/m0/s1. The van der Waals surface area contributed by atoms with E-state index in [1.54, 1.807) is 24.0 Å². The number of nitrogens with zero attached hydrogens (tertiary/aromatic N) is 5. The van der Waals surface area contributed by atoms with Gasteiger partial charge in [-0.3, -0.25) is 14.6 Å². The number of carbonyl (C=O) groups is 3. The number of benzene rings is 3. The first-order valence-corrected chi connectivity index (χ1v) is 12.8. The molecule has 2 saturated heterocycles. The number of carbonyl (C=O) groups excluding carboxylic acids is 3. The molecule has 1 N–H and O–H groups in total. The molecule has 0 unspecified atom stereocenters. The lowest BCUT2D eigenvalue weighted by Crippen LogP contribution is -2.65. The third-order valence-electron chi connectivity index (χ3n) is 7.58. The van der Waals surface area contributed by atoms with Crippen LogP contribution in [0.25, 0.3) is 10.8 Å². The van der Waals surface area contributed by atoms with Crippen LogP contribution >= 0.6 is 0 Å². The zero-order valence-corrected chi connectivity index (χ0v) is 22.3. The molecule has 5 rings (SSSR count). The van der Waals surface area contributed by atoms with Gasteiger partial charge in [0, 0.05) is 46.8 Å². The first-order chi connectivity index (χ1) is 18.3. The minimum absolute atomic E-state index is 0.0417. The Labute approximate surface area is 223 Å². The van der Waals surface area contributed by atoms with Crippen LogP contribution in [0.3, 0.4) is 0 Å². The molecule has 3 aromatic rings. The van der Waals surface area contributed by atoms with Crippen molar-refractivity contribution in [2.24, 2.45) is 0 Å². The van der Waals surface area contributed by atoms with Gasteiger partial charge in [-0.1, -0.05) is 54.6 Å². The molecule has 9 heteroatoms. The highest BCUT2D eigenvalue weighted by Crippen LogP contribution is 2.31. The molecule has 2 aliphatic heterocycles. The van der Waals surface area contributed by atoms with E-state index >= 15 is 0 Å². The number of anilines is 1. The molecule has 198 valence electrons. The average Bonchev–Trinajstić information content (AvgIpc) is 3.26. The van der Waals surface area contributed by atoms with Gasteiger partial charge in [-0.25, -0.2) is 4.79 Å². The summed E-state index contributed by atoms with van der Waals surface area (Å²) >= 11 is 0. The molecule has 0 spiro atoms. The molecule has 2 atom stereocenters. The number of hydrogen-bond acceptors (Lipinski definition) is 5. The van der Waals surface area contributed by atoms with Crippen LogP contribution in [0.4, 0.5) is 10.5 Å². The maximum Gasteiger partial charge on any atom is 0.331 e. The average molecular weight is 515 g/mol. The quantitative estimate of drug-likeness (QED) is 0.547. The summed E-state index contributed by atoms with van der Waals surface area (Å²) in [5, 5.41) is 8.04. The van der Waals surface area contributed by atoms with E-state index in [0.717, 1.165) is 27.6 Å². The number of hydrogen-bond donors (Lipinski definition) is 1. The molecule has 9 nitrogen and oxygen atoms in total. The van der Waals surface area contributed by atoms with Crippen LogP contribution in [-0.4, -0.2) is 91.2 Å². The van der Waals surface area contributed by atoms with Crippen molar-refractivity contribution in [3.8, 4) is 0 Å². The van der Waals surface area contributed by atoms with Crippen LogP contribution in [-0.2, 0) is 22.6 Å². The summed E-state index contributed by atoms with van der Waals surface area (Å²) in [6.07, 6.45) is -0.0400. The molecule has 0 bridgehead atoms. The summed E-state index contributed by atoms with van der Waals surface area (Å²) in [6.45, 7) is 0.775. The van der Waals surface area contributed by atoms with Crippen LogP contribution in [0, 0.1) is 0 Å². The molecule has 0 aromatic heterocycles. The molecule has 2 heterocycles. The van der Waals surface area contributed by atoms with E-state index in [2.05, 4.69) is 23.5 Å². The Morgan fingerprint density at radius 2 is 1.68 bits per heavy atom. The normalized spacial score (nSPS) is 19.6. The largest absolute Gasteiger partial charge is 0.378 e. The monoisotopic (exact) mass is 514 g/mol. The lowest BCUT2D eigenvalue weighted by Gasteiger charge is -2.45. The molecular formula is C29H34N6O3. The van der Waals surface area contributed by atoms with Crippen LogP contribution < -0.4 is 10.2 Å². The van der Waals surface area contributed by atoms with Gasteiger partial charge in [0.15, 0.2) is 0 Å². The first kappa shape index (κ1) is 25.5. The second-order valence-corrected chi connectivity index (χ2v) is 10.1. The Kier molecular flexibility index (Phi) is 6.94. The van der Waals surface area contributed by atoms with Gasteiger partial charge in [-0.15, -0.1) is 0 Å². The Morgan fingerprint density at radius 3 is 2.39 bits per heavy atom. The summed E-state index contributed by atoms with van der Waals surface area (Å²) in [4.78, 5) is 45.3. The molecule has 2 fully saturated rings. The van der Waals surface area contributed by atoms with Crippen LogP contribution in [0.5, 0.6) is 0 Å². The predicted octanol–water partition coefficient (Wildman–Crippen LogP) is 2.52. The van der Waals surface area contributed by atoms with Crippen molar-refractivity contribution in [2.75, 3.05) is 46.2 Å². The van der Waals surface area contributed by atoms with E-state index < -0.39 is 12.2 Å².